The van der Waals surface area contributed by atoms with Crippen molar-refractivity contribution >= 4 is 35.2 Å². The van der Waals surface area contributed by atoms with E-state index in [0.717, 1.165) is 10.5 Å². The molecule has 168 valence electrons. The zero-order chi connectivity index (χ0) is 23.0. The summed E-state index contributed by atoms with van der Waals surface area (Å²) >= 11 is 7.38. The second-order valence-electron chi connectivity index (χ2n) is 8.28. The van der Waals surface area contributed by atoms with E-state index in [1.807, 2.05) is 64.1 Å². The van der Waals surface area contributed by atoms with Crippen molar-refractivity contribution in [3.05, 3.63) is 59.1 Å². The van der Waals surface area contributed by atoms with Gasteiger partial charge in [-0.3, -0.25) is 9.59 Å². The van der Waals surface area contributed by atoms with Crippen molar-refractivity contribution < 1.29 is 14.3 Å². The molecule has 0 aliphatic rings. The second kappa shape index (κ2) is 11.4. The fourth-order valence-electron chi connectivity index (χ4n) is 3.10. The molecule has 0 bridgehead atoms. The Morgan fingerprint density at radius 3 is 2.42 bits per heavy atom. The van der Waals surface area contributed by atoms with Crippen LogP contribution in [0.2, 0.25) is 5.02 Å². The van der Waals surface area contributed by atoms with Crippen molar-refractivity contribution in [1.82, 2.24) is 10.2 Å². The van der Waals surface area contributed by atoms with Gasteiger partial charge < -0.3 is 15.0 Å². The van der Waals surface area contributed by atoms with Crippen LogP contribution in [0, 0.1) is 0 Å². The van der Waals surface area contributed by atoms with E-state index in [2.05, 4.69) is 5.32 Å². The first kappa shape index (κ1) is 25.1. The molecule has 2 aromatic rings. The van der Waals surface area contributed by atoms with Crippen LogP contribution >= 0.6 is 23.4 Å². The number of nitrogens with one attached hydrogen (secondary N) is 1. The topological polar surface area (TPSA) is 58.6 Å². The van der Waals surface area contributed by atoms with Gasteiger partial charge in [-0.05, 0) is 69.2 Å². The molecule has 0 aliphatic heterocycles. The third-order valence-corrected chi connectivity index (χ3v) is 5.80. The van der Waals surface area contributed by atoms with Crippen LogP contribution in [0.25, 0.3) is 0 Å². The van der Waals surface area contributed by atoms with Crippen molar-refractivity contribution in [2.24, 2.45) is 0 Å². The van der Waals surface area contributed by atoms with E-state index in [4.69, 9.17) is 16.3 Å². The number of hydrogen-bond acceptors (Lipinski definition) is 4. The molecule has 5 nitrogen and oxygen atoms in total. The predicted octanol–water partition coefficient (Wildman–Crippen LogP) is 5.16. The summed E-state index contributed by atoms with van der Waals surface area (Å²) in [5, 5.41) is 3.67. The molecule has 1 N–H and O–H groups in total. The molecule has 7 heteroatoms. The molecule has 0 saturated heterocycles. The number of carbonyl (C=O) groups excluding carboxylic acids is 2. The van der Waals surface area contributed by atoms with Gasteiger partial charge in [0.25, 0.3) is 0 Å². The monoisotopic (exact) mass is 462 g/mol. The molecule has 0 spiro atoms. The highest BCUT2D eigenvalue weighted by atomic mass is 35.5. The molecule has 0 saturated carbocycles. The Labute approximate surface area is 194 Å². The van der Waals surface area contributed by atoms with E-state index in [1.54, 1.807) is 24.1 Å². The number of carbonyl (C=O) groups is 2. The lowest BCUT2D eigenvalue weighted by molar-refractivity contribution is -0.140. The molecule has 0 radical (unpaired) electrons. The van der Waals surface area contributed by atoms with Crippen molar-refractivity contribution in [3.63, 3.8) is 0 Å². The highest BCUT2D eigenvalue weighted by molar-refractivity contribution is 8.00. The summed E-state index contributed by atoms with van der Waals surface area (Å²) in [6.07, 6.45) is 0.517. The van der Waals surface area contributed by atoms with Gasteiger partial charge in [0.15, 0.2) is 0 Å². The Bertz CT molecular complexity index is 881. The number of nitrogens with zero attached hydrogens (tertiary/aromatic N) is 1. The van der Waals surface area contributed by atoms with Gasteiger partial charge in [0, 0.05) is 22.0 Å². The maximum Gasteiger partial charge on any atom is 0.243 e. The molecule has 0 fully saturated rings. The molecule has 2 aromatic carbocycles. The Morgan fingerprint density at radius 2 is 1.84 bits per heavy atom. The van der Waals surface area contributed by atoms with Crippen LogP contribution in [-0.2, 0) is 16.1 Å². The van der Waals surface area contributed by atoms with Gasteiger partial charge in [0.1, 0.15) is 11.8 Å². The SMILES string of the molecule is CC[C@@H](C(=O)NC(C)(C)C)N(Cc1cccc(OC)c1)C(=O)CSc1ccc(Cl)cc1. The lowest BCUT2D eigenvalue weighted by atomic mass is 10.1. The van der Waals surface area contributed by atoms with Crippen molar-refractivity contribution in [1.29, 1.82) is 0 Å². The summed E-state index contributed by atoms with van der Waals surface area (Å²) in [6, 6.07) is 14.4. The van der Waals surface area contributed by atoms with Crippen LogP contribution in [-0.4, -0.2) is 41.2 Å². The van der Waals surface area contributed by atoms with Crippen molar-refractivity contribution in [2.45, 2.75) is 57.1 Å². The molecule has 0 heterocycles. The maximum atomic E-state index is 13.3. The average Bonchev–Trinajstić information content (AvgIpc) is 2.71. The molecular formula is C24H31ClN2O3S. The number of amides is 2. The molecule has 31 heavy (non-hydrogen) atoms. The van der Waals surface area contributed by atoms with Crippen LogP contribution < -0.4 is 10.1 Å². The van der Waals surface area contributed by atoms with Gasteiger partial charge in [0.2, 0.25) is 11.8 Å². The Hall–Kier alpha value is -2.18. The first-order valence-electron chi connectivity index (χ1n) is 10.3. The highest BCUT2D eigenvalue weighted by Crippen LogP contribution is 2.23. The minimum absolute atomic E-state index is 0.0984. The summed E-state index contributed by atoms with van der Waals surface area (Å²) in [6.45, 7) is 8.05. The van der Waals surface area contributed by atoms with Gasteiger partial charge in [-0.25, -0.2) is 0 Å². The summed E-state index contributed by atoms with van der Waals surface area (Å²) in [5.41, 5.74) is 0.527. The largest absolute Gasteiger partial charge is 0.497 e. The van der Waals surface area contributed by atoms with Gasteiger partial charge in [0.05, 0.1) is 12.9 Å². The number of methoxy groups -OCH3 is 1. The normalized spacial score (nSPS) is 12.2. The lowest BCUT2D eigenvalue weighted by Gasteiger charge is -2.33. The van der Waals surface area contributed by atoms with Crippen LogP contribution in [0.5, 0.6) is 5.75 Å². The summed E-state index contributed by atoms with van der Waals surface area (Å²) < 4.78 is 5.31. The van der Waals surface area contributed by atoms with E-state index >= 15 is 0 Å². The van der Waals surface area contributed by atoms with Crippen molar-refractivity contribution in [3.8, 4) is 5.75 Å². The summed E-state index contributed by atoms with van der Waals surface area (Å²) in [7, 11) is 1.61. The second-order valence-corrected chi connectivity index (χ2v) is 9.76. The van der Waals surface area contributed by atoms with Gasteiger partial charge in [-0.2, -0.15) is 0 Å². The highest BCUT2D eigenvalue weighted by Gasteiger charge is 2.30. The summed E-state index contributed by atoms with van der Waals surface area (Å²) in [5.74, 6) is 0.694. The first-order chi connectivity index (χ1) is 14.6. The fourth-order valence-corrected chi connectivity index (χ4v) is 4.01. The maximum absolute atomic E-state index is 13.3. The van der Waals surface area contributed by atoms with Crippen molar-refractivity contribution in [2.75, 3.05) is 12.9 Å². The third kappa shape index (κ3) is 8.11. The number of benzene rings is 2. The number of hydrogen-bond donors (Lipinski definition) is 1. The number of thioether (sulfide) groups is 1. The smallest absolute Gasteiger partial charge is 0.243 e. The van der Waals surface area contributed by atoms with Crippen LogP contribution in [0.15, 0.2) is 53.4 Å². The first-order valence-corrected chi connectivity index (χ1v) is 11.6. The minimum Gasteiger partial charge on any atom is -0.497 e. The van der Waals surface area contributed by atoms with E-state index in [1.165, 1.54) is 11.8 Å². The van der Waals surface area contributed by atoms with Crippen LogP contribution in [0.1, 0.15) is 39.7 Å². The molecule has 0 aromatic heterocycles. The zero-order valence-electron chi connectivity index (χ0n) is 18.8. The van der Waals surface area contributed by atoms with Crippen LogP contribution in [0.3, 0.4) is 0 Å². The lowest BCUT2D eigenvalue weighted by Crippen LogP contribution is -2.53. The van der Waals surface area contributed by atoms with Gasteiger partial charge >= 0.3 is 0 Å². The molecule has 0 unspecified atom stereocenters. The van der Waals surface area contributed by atoms with E-state index in [0.29, 0.717) is 23.7 Å². The molecular weight excluding hydrogens is 432 g/mol. The molecule has 2 amide bonds. The van der Waals surface area contributed by atoms with E-state index < -0.39 is 6.04 Å². The predicted molar refractivity (Wildman–Crippen MR) is 128 cm³/mol. The standard InChI is InChI=1S/C24H31ClN2O3S/c1-6-21(23(29)26-24(2,3)4)27(15-17-8-7-9-19(14-17)30-5)22(28)16-31-20-12-10-18(25)11-13-20/h7-14,21H,6,15-16H2,1-5H3,(H,26,29)/t21-/m0/s1. The van der Waals surface area contributed by atoms with Gasteiger partial charge in [-0.1, -0.05) is 30.7 Å². The number of rotatable bonds is 9. The minimum atomic E-state index is -0.566. The Kier molecular flexibility index (Phi) is 9.26. The number of halogens is 1. The zero-order valence-corrected chi connectivity index (χ0v) is 20.3. The fraction of sp³-hybridized carbons (Fsp3) is 0.417. The summed E-state index contributed by atoms with van der Waals surface area (Å²) in [4.78, 5) is 28.9. The quantitative estimate of drug-likeness (QED) is 0.523. The molecule has 1 atom stereocenters. The van der Waals surface area contributed by atoms with E-state index in [-0.39, 0.29) is 23.1 Å². The Balaban J connectivity index is 2.24. The number of ether oxygens (including phenoxy) is 1. The molecule has 2 rings (SSSR count). The van der Waals surface area contributed by atoms with E-state index in [9.17, 15) is 9.59 Å². The van der Waals surface area contributed by atoms with Crippen LogP contribution in [0.4, 0.5) is 0 Å². The molecule has 0 aliphatic carbocycles. The Morgan fingerprint density at radius 1 is 1.16 bits per heavy atom. The third-order valence-electron chi connectivity index (χ3n) is 4.55. The van der Waals surface area contributed by atoms with Gasteiger partial charge in [-0.15, -0.1) is 11.8 Å². The average molecular weight is 463 g/mol.